The van der Waals surface area contributed by atoms with Gasteiger partial charge >= 0.3 is 18.2 Å². The number of nitrogens with zero attached hydrogens (tertiary/aromatic N) is 4. The third kappa shape index (κ3) is 7.03. The van der Waals surface area contributed by atoms with Crippen molar-refractivity contribution in [2.24, 2.45) is 0 Å². The molecule has 43 heavy (non-hydrogen) atoms. The number of thiazole rings is 1. The molecule has 3 heterocycles. The Bertz CT molecular complexity index is 1720. The molecular weight excluding hydrogens is 585 g/mol. The summed E-state index contributed by atoms with van der Waals surface area (Å²) in [6.07, 6.45) is -1.76. The highest BCUT2D eigenvalue weighted by Gasteiger charge is 2.34. The van der Waals surface area contributed by atoms with E-state index in [1.807, 2.05) is 30.5 Å². The fraction of sp³-hybridized carbons (Fsp3) is 0.345. The van der Waals surface area contributed by atoms with Gasteiger partial charge in [-0.1, -0.05) is 6.07 Å². The van der Waals surface area contributed by atoms with E-state index in [1.165, 1.54) is 18.5 Å². The lowest BCUT2D eigenvalue weighted by atomic mass is 9.99. The lowest BCUT2D eigenvalue weighted by Crippen LogP contribution is -2.30. The van der Waals surface area contributed by atoms with Crippen molar-refractivity contribution in [2.45, 2.75) is 39.5 Å². The maximum Gasteiger partial charge on any atom is 0.434 e. The highest BCUT2D eigenvalue weighted by atomic mass is 32.1. The Balaban J connectivity index is 1.93. The number of benzene rings is 1. The molecule has 0 spiro atoms. The predicted octanol–water partition coefficient (Wildman–Crippen LogP) is 5.47. The zero-order valence-corrected chi connectivity index (χ0v) is 25.0. The number of rotatable bonds is 9. The average Bonchev–Trinajstić information content (AvgIpc) is 3.46. The molecular formula is C29H31F3N6O4S. The minimum atomic E-state index is -4.65. The van der Waals surface area contributed by atoms with Gasteiger partial charge in [0.1, 0.15) is 16.4 Å². The molecule has 1 atom stereocenters. The first kappa shape index (κ1) is 31.6. The number of hydrogen-bond donors (Lipinski definition) is 2. The number of urea groups is 1. The summed E-state index contributed by atoms with van der Waals surface area (Å²) in [5.74, 6) is -0.657. The first-order valence-electron chi connectivity index (χ1n) is 13.4. The minimum Gasteiger partial charge on any atom is -0.462 e. The van der Waals surface area contributed by atoms with Gasteiger partial charge in [-0.25, -0.2) is 19.6 Å². The number of nitrogens with one attached hydrogen (secondary N) is 2. The lowest BCUT2D eigenvalue weighted by molar-refractivity contribution is -0.140. The number of hydrogen-bond acceptors (Lipinski definition) is 8. The Morgan fingerprint density at radius 3 is 2.53 bits per heavy atom. The Kier molecular flexibility index (Phi) is 9.50. The number of carbonyl (C=O) groups excluding carboxylic acids is 2. The van der Waals surface area contributed by atoms with Gasteiger partial charge < -0.3 is 19.5 Å². The molecule has 0 saturated heterocycles. The van der Waals surface area contributed by atoms with E-state index in [0.29, 0.717) is 29.7 Å². The van der Waals surface area contributed by atoms with Crippen molar-refractivity contribution in [1.29, 1.82) is 0 Å². The Labute approximate surface area is 249 Å². The number of fused-ring (bicyclic) bond motifs is 1. The van der Waals surface area contributed by atoms with Crippen LogP contribution in [0.15, 0.2) is 46.8 Å². The van der Waals surface area contributed by atoms with Crippen molar-refractivity contribution in [2.75, 3.05) is 32.6 Å². The predicted molar refractivity (Wildman–Crippen MR) is 159 cm³/mol. The molecule has 4 aromatic rings. The van der Waals surface area contributed by atoms with Gasteiger partial charge in [-0.3, -0.25) is 10.1 Å². The molecule has 0 aliphatic rings. The van der Waals surface area contributed by atoms with Gasteiger partial charge in [0, 0.05) is 53.4 Å². The van der Waals surface area contributed by atoms with Gasteiger partial charge in [0.2, 0.25) is 5.43 Å². The van der Waals surface area contributed by atoms with E-state index < -0.39 is 29.3 Å². The average molecular weight is 617 g/mol. The number of amides is 2. The van der Waals surface area contributed by atoms with Crippen LogP contribution in [-0.2, 0) is 17.5 Å². The number of ether oxygens (including phenoxy) is 1. The maximum absolute atomic E-state index is 13.6. The van der Waals surface area contributed by atoms with Crippen molar-refractivity contribution in [1.82, 2.24) is 24.8 Å². The number of aromatic nitrogens is 3. The summed E-state index contributed by atoms with van der Waals surface area (Å²) >= 11 is 0.788. The number of pyridine rings is 2. The van der Waals surface area contributed by atoms with E-state index in [-0.39, 0.29) is 40.0 Å². The summed E-state index contributed by atoms with van der Waals surface area (Å²) in [7, 11) is 3.84. The Morgan fingerprint density at radius 1 is 1.16 bits per heavy atom. The van der Waals surface area contributed by atoms with E-state index in [4.69, 9.17) is 4.74 Å². The maximum atomic E-state index is 13.6. The second kappa shape index (κ2) is 12.9. The van der Waals surface area contributed by atoms with E-state index in [0.717, 1.165) is 16.7 Å². The van der Waals surface area contributed by atoms with Crippen LogP contribution in [-0.4, -0.2) is 64.7 Å². The number of anilines is 1. The van der Waals surface area contributed by atoms with Gasteiger partial charge in [-0.15, -0.1) is 11.3 Å². The second-order valence-electron chi connectivity index (χ2n) is 9.92. The van der Waals surface area contributed by atoms with Crippen LogP contribution in [0.3, 0.4) is 0 Å². The molecule has 0 radical (unpaired) electrons. The Hall–Kier alpha value is -4.30. The lowest BCUT2D eigenvalue weighted by Gasteiger charge is -2.23. The van der Waals surface area contributed by atoms with Crippen LogP contribution in [0.2, 0.25) is 0 Å². The molecule has 0 aliphatic carbocycles. The number of halogens is 3. The number of esters is 1. The van der Waals surface area contributed by atoms with Crippen molar-refractivity contribution in [3.63, 3.8) is 0 Å². The van der Waals surface area contributed by atoms with Crippen molar-refractivity contribution in [3.8, 4) is 21.7 Å². The van der Waals surface area contributed by atoms with Crippen molar-refractivity contribution >= 4 is 40.1 Å². The topological polar surface area (TPSA) is 118 Å². The van der Waals surface area contributed by atoms with Crippen LogP contribution in [0.4, 0.5) is 23.8 Å². The second-order valence-corrected chi connectivity index (χ2v) is 10.8. The number of carbonyl (C=O) groups is 2. The summed E-state index contributed by atoms with van der Waals surface area (Å²) in [6.45, 7) is 6.28. The largest absolute Gasteiger partial charge is 0.462 e. The van der Waals surface area contributed by atoms with E-state index >= 15 is 0 Å². The van der Waals surface area contributed by atoms with E-state index in [9.17, 15) is 27.6 Å². The fourth-order valence-corrected chi connectivity index (χ4v) is 5.15. The van der Waals surface area contributed by atoms with Gasteiger partial charge in [0.05, 0.1) is 12.1 Å². The molecule has 1 unspecified atom stereocenters. The first-order valence-corrected chi connectivity index (χ1v) is 14.3. The van der Waals surface area contributed by atoms with Gasteiger partial charge in [0.15, 0.2) is 5.69 Å². The smallest absolute Gasteiger partial charge is 0.434 e. The summed E-state index contributed by atoms with van der Waals surface area (Å²) in [5, 5.41) is 6.30. The van der Waals surface area contributed by atoms with Gasteiger partial charge in [0.25, 0.3) is 0 Å². The Morgan fingerprint density at radius 2 is 1.91 bits per heavy atom. The van der Waals surface area contributed by atoms with Gasteiger partial charge in [-0.05, 0) is 58.6 Å². The van der Waals surface area contributed by atoms with Crippen LogP contribution in [0.1, 0.15) is 36.8 Å². The SMILES string of the molecule is CCNC(=O)Nc1cc(-c2nc(C(F)(F)F)cs2)c(-c2ccc3c(c2)c(=O)c(C(=O)OCC)cn3CC(C)N(C)C)cn1. The zero-order chi connectivity index (χ0) is 31.5. The van der Waals surface area contributed by atoms with Crippen molar-refractivity contribution in [3.05, 3.63) is 63.5 Å². The fourth-order valence-electron chi connectivity index (χ4n) is 4.30. The van der Waals surface area contributed by atoms with Crippen LogP contribution in [0.5, 0.6) is 0 Å². The minimum absolute atomic E-state index is 0.0428. The molecule has 10 nitrogen and oxygen atoms in total. The van der Waals surface area contributed by atoms with Crippen LogP contribution in [0.25, 0.3) is 32.6 Å². The van der Waals surface area contributed by atoms with Crippen molar-refractivity contribution < 1.29 is 27.5 Å². The first-order chi connectivity index (χ1) is 20.3. The van der Waals surface area contributed by atoms with Crippen LogP contribution < -0.4 is 16.1 Å². The molecule has 228 valence electrons. The summed E-state index contributed by atoms with van der Waals surface area (Å²) in [6, 6.07) is 5.96. The normalized spacial score (nSPS) is 12.4. The molecule has 1 aromatic carbocycles. The molecule has 0 fully saturated rings. The zero-order valence-electron chi connectivity index (χ0n) is 24.2. The third-order valence-corrected chi connectivity index (χ3v) is 7.61. The summed E-state index contributed by atoms with van der Waals surface area (Å²) < 4.78 is 47.2. The number of likely N-dealkylation sites (N-methyl/N-ethyl adjacent to an activating group) is 1. The molecule has 2 N–H and O–H groups in total. The monoisotopic (exact) mass is 616 g/mol. The van der Waals surface area contributed by atoms with Crippen LogP contribution >= 0.6 is 11.3 Å². The third-order valence-electron chi connectivity index (χ3n) is 6.74. The molecule has 14 heteroatoms. The summed E-state index contributed by atoms with van der Waals surface area (Å²) in [4.78, 5) is 48.5. The molecule has 2 amide bonds. The molecule has 3 aromatic heterocycles. The van der Waals surface area contributed by atoms with E-state index in [1.54, 1.807) is 32.0 Å². The van der Waals surface area contributed by atoms with Crippen LogP contribution in [0, 0.1) is 0 Å². The molecule has 0 aliphatic heterocycles. The molecule has 4 rings (SSSR count). The quantitative estimate of drug-likeness (QED) is 0.239. The summed E-state index contributed by atoms with van der Waals surface area (Å²) in [5.41, 5.74) is -0.0650. The highest BCUT2D eigenvalue weighted by molar-refractivity contribution is 7.13. The molecule has 0 bridgehead atoms. The number of alkyl halides is 3. The van der Waals surface area contributed by atoms with Gasteiger partial charge in [-0.2, -0.15) is 13.2 Å². The standard InChI is InChI=1S/C29H31F3N6O4S/c1-6-33-28(41)36-24-11-18(26-35-23(15-43-26)29(30,31)32)20(12-34-24)17-8-9-22-19(10-17)25(39)21(27(40)42-7-2)14-38(22)13-16(3)37(4)5/h8-12,14-16H,6-7,13H2,1-5H3,(H2,33,34,36,41). The highest BCUT2D eigenvalue weighted by Crippen LogP contribution is 2.39. The van der Waals surface area contributed by atoms with E-state index in [2.05, 4.69) is 20.6 Å². The molecule has 0 saturated carbocycles.